The second-order valence-electron chi connectivity index (χ2n) is 12.9. The standard InChI is InChI=1S/C37H29Cl2N3O7/c1-41-34(46)36(38)18-24-22(25(37(36,39)35(41)47)15-7-19-8-16-27(43)29(17-19)48-2)13-14-23-30(24)33(45)42(32(23)44)21-11-9-20(10-12-21)31-40-26-5-3-4-6-28(26)49-31/h3-13,15-17,23-25,30,43H,14,18H2,1-2H3. The number of alkyl halides is 2. The van der Waals surface area contributed by atoms with E-state index in [2.05, 4.69) is 4.98 Å². The van der Waals surface area contributed by atoms with Gasteiger partial charge in [-0.2, -0.15) is 0 Å². The number of aromatic nitrogens is 1. The SMILES string of the molecule is COc1cc(C=CC2C3=CCC4C(=O)N(c5ccc(-c6nc7ccccc7o6)cc5)C(=O)C4C3CC3(Cl)C(=O)N(C)C(=O)C23Cl)ccc1O. The van der Waals surface area contributed by atoms with Crippen LogP contribution in [0.3, 0.4) is 0 Å². The van der Waals surface area contributed by atoms with E-state index in [0.29, 0.717) is 39.4 Å². The number of benzene rings is 3. The van der Waals surface area contributed by atoms with Crippen molar-refractivity contribution in [2.24, 2.45) is 23.7 Å². The molecular formula is C37H29Cl2N3O7. The molecule has 3 aromatic carbocycles. The Morgan fingerprint density at radius 3 is 2.47 bits per heavy atom. The lowest BCUT2D eigenvalue weighted by Crippen LogP contribution is -2.60. The largest absolute Gasteiger partial charge is 0.504 e. The highest BCUT2D eigenvalue weighted by atomic mass is 35.5. The van der Waals surface area contributed by atoms with Gasteiger partial charge in [0.15, 0.2) is 26.8 Å². The number of likely N-dealkylation sites (tertiary alicyclic amines) is 1. The Bertz CT molecular complexity index is 2130. The number of para-hydroxylation sites is 2. The molecule has 12 heteroatoms. The number of carbonyl (C=O) groups is 4. The van der Waals surface area contributed by atoms with Crippen LogP contribution < -0.4 is 9.64 Å². The first-order chi connectivity index (χ1) is 23.5. The molecule has 248 valence electrons. The summed E-state index contributed by atoms with van der Waals surface area (Å²) in [7, 11) is 2.78. The van der Waals surface area contributed by atoms with Crippen LogP contribution in [0, 0.1) is 23.7 Å². The summed E-state index contributed by atoms with van der Waals surface area (Å²) in [6, 6.07) is 19.0. The number of imide groups is 2. The number of halogens is 2. The predicted octanol–water partition coefficient (Wildman–Crippen LogP) is 5.95. The number of phenols is 1. The van der Waals surface area contributed by atoms with Crippen molar-refractivity contribution in [3.05, 3.63) is 90.0 Å². The molecule has 1 aromatic heterocycles. The van der Waals surface area contributed by atoms with E-state index in [-0.39, 0.29) is 30.2 Å². The summed E-state index contributed by atoms with van der Waals surface area (Å²) in [6.07, 6.45) is 5.45. The van der Waals surface area contributed by atoms with Gasteiger partial charge in [0, 0.05) is 18.5 Å². The van der Waals surface area contributed by atoms with Gasteiger partial charge in [-0.3, -0.25) is 29.0 Å². The molecule has 3 fully saturated rings. The zero-order chi connectivity index (χ0) is 34.4. The number of hydrogen-bond acceptors (Lipinski definition) is 8. The number of oxazole rings is 1. The molecule has 49 heavy (non-hydrogen) atoms. The Hall–Kier alpha value is -4.93. The molecule has 3 heterocycles. The quantitative estimate of drug-likeness (QED) is 0.154. The van der Waals surface area contributed by atoms with Gasteiger partial charge in [0.1, 0.15) is 5.52 Å². The van der Waals surface area contributed by atoms with Gasteiger partial charge in [-0.25, -0.2) is 4.98 Å². The molecule has 6 unspecified atom stereocenters. The first-order valence-corrected chi connectivity index (χ1v) is 16.5. The normalized spacial score (nSPS) is 29.4. The summed E-state index contributed by atoms with van der Waals surface area (Å²) in [4.78, 5) is 58.5. The molecule has 4 aliphatic rings. The van der Waals surface area contributed by atoms with E-state index in [1.165, 1.54) is 25.1 Å². The Balaban J connectivity index is 1.15. The zero-order valence-corrected chi connectivity index (χ0v) is 27.8. The second kappa shape index (κ2) is 11.0. The van der Waals surface area contributed by atoms with E-state index in [9.17, 15) is 24.3 Å². The minimum absolute atomic E-state index is 0.0417. The number of fused-ring (bicyclic) bond motifs is 5. The van der Waals surface area contributed by atoms with Gasteiger partial charge in [-0.1, -0.05) is 42.0 Å². The van der Waals surface area contributed by atoms with Gasteiger partial charge < -0.3 is 14.3 Å². The van der Waals surface area contributed by atoms with E-state index < -0.39 is 51.1 Å². The number of carbonyl (C=O) groups excluding carboxylic acids is 4. The Labute approximate surface area is 290 Å². The number of nitrogens with zero attached hydrogens (tertiary/aromatic N) is 3. The summed E-state index contributed by atoms with van der Waals surface area (Å²) >= 11 is 14.4. The smallest absolute Gasteiger partial charge is 0.253 e. The fraction of sp³-hybridized carbons (Fsp3) is 0.270. The van der Waals surface area contributed by atoms with Crippen molar-refractivity contribution in [3.63, 3.8) is 0 Å². The van der Waals surface area contributed by atoms with Crippen LogP contribution in [0.1, 0.15) is 18.4 Å². The first-order valence-electron chi connectivity index (χ1n) is 15.8. The topological polar surface area (TPSA) is 130 Å². The number of allylic oxidation sites excluding steroid dienone is 3. The minimum Gasteiger partial charge on any atom is -0.504 e. The Morgan fingerprint density at radius 1 is 0.980 bits per heavy atom. The third kappa shape index (κ3) is 4.36. The molecule has 2 aliphatic heterocycles. The Morgan fingerprint density at radius 2 is 1.73 bits per heavy atom. The first kappa shape index (κ1) is 31.3. The maximum Gasteiger partial charge on any atom is 0.253 e. The van der Waals surface area contributed by atoms with Gasteiger partial charge in [-0.15, -0.1) is 23.2 Å². The molecular weight excluding hydrogens is 669 g/mol. The highest BCUT2D eigenvalue weighted by Gasteiger charge is 2.75. The molecule has 0 bridgehead atoms. The number of rotatable bonds is 5. The van der Waals surface area contributed by atoms with Crippen LogP contribution in [-0.4, -0.2) is 62.5 Å². The average molecular weight is 699 g/mol. The van der Waals surface area contributed by atoms with Gasteiger partial charge >= 0.3 is 0 Å². The summed E-state index contributed by atoms with van der Waals surface area (Å²) in [5.41, 5.74) is 3.77. The van der Waals surface area contributed by atoms with Gasteiger partial charge in [0.05, 0.1) is 24.6 Å². The highest BCUT2D eigenvalue weighted by molar-refractivity contribution is 6.53. The molecule has 1 saturated carbocycles. The van der Waals surface area contributed by atoms with E-state index in [0.717, 1.165) is 4.90 Å². The van der Waals surface area contributed by atoms with Crippen LogP contribution >= 0.6 is 23.2 Å². The van der Waals surface area contributed by atoms with Crippen molar-refractivity contribution in [2.75, 3.05) is 19.1 Å². The maximum absolute atomic E-state index is 14.3. The number of phenolic OH excluding ortho intramolecular Hbond substituents is 1. The molecule has 4 amide bonds. The van der Waals surface area contributed by atoms with Crippen molar-refractivity contribution < 1.29 is 33.4 Å². The van der Waals surface area contributed by atoms with Gasteiger partial charge in [-0.05, 0) is 72.9 Å². The Kier molecular flexibility index (Phi) is 7.07. The van der Waals surface area contributed by atoms with Gasteiger partial charge in [0.25, 0.3) is 11.8 Å². The van der Waals surface area contributed by atoms with E-state index >= 15 is 0 Å². The average Bonchev–Trinajstić information content (AvgIpc) is 3.69. The van der Waals surface area contributed by atoms with Crippen molar-refractivity contribution in [3.8, 4) is 23.0 Å². The summed E-state index contributed by atoms with van der Waals surface area (Å²) in [5, 5.41) is 10.1. The summed E-state index contributed by atoms with van der Waals surface area (Å²) in [6.45, 7) is 0. The molecule has 2 saturated heterocycles. The number of amides is 4. The van der Waals surface area contributed by atoms with E-state index in [1.807, 2.05) is 30.3 Å². The minimum atomic E-state index is -1.88. The fourth-order valence-corrected chi connectivity index (χ4v) is 8.98. The molecule has 4 aromatic rings. The zero-order valence-electron chi connectivity index (χ0n) is 26.3. The lowest BCUT2D eigenvalue weighted by molar-refractivity contribution is -0.138. The summed E-state index contributed by atoms with van der Waals surface area (Å²) in [5.74, 6) is -4.45. The van der Waals surface area contributed by atoms with Crippen molar-refractivity contribution in [1.82, 2.24) is 9.88 Å². The predicted molar refractivity (Wildman–Crippen MR) is 182 cm³/mol. The van der Waals surface area contributed by atoms with Crippen molar-refractivity contribution >= 4 is 69.7 Å². The van der Waals surface area contributed by atoms with Crippen LogP contribution in [0.5, 0.6) is 11.5 Å². The molecule has 8 rings (SSSR count). The van der Waals surface area contributed by atoms with Crippen LogP contribution in [0.2, 0.25) is 0 Å². The molecule has 10 nitrogen and oxygen atoms in total. The number of methoxy groups -OCH3 is 1. The number of anilines is 1. The van der Waals surface area contributed by atoms with Crippen LogP contribution in [0.15, 0.2) is 88.9 Å². The second-order valence-corrected chi connectivity index (χ2v) is 14.1. The molecule has 6 atom stereocenters. The van der Waals surface area contributed by atoms with Gasteiger partial charge in [0.2, 0.25) is 17.7 Å². The number of hydrogen-bond donors (Lipinski definition) is 1. The van der Waals surface area contributed by atoms with Crippen LogP contribution in [0.25, 0.3) is 28.6 Å². The molecule has 1 N–H and O–H groups in total. The third-order valence-electron chi connectivity index (χ3n) is 10.4. The molecule has 0 radical (unpaired) electrons. The van der Waals surface area contributed by atoms with E-state index in [4.69, 9.17) is 32.4 Å². The molecule has 0 spiro atoms. The van der Waals surface area contributed by atoms with Crippen LogP contribution in [0.4, 0.5) is 5.69 Å². The van der Waals surface area contributed by atoms with Crippen LogP contribution in [-0.2, 0) is 19.2 Å². The lowest BCUT2D eigenvalue weighted by atomic mass is 9.57. The highest BCUT2D eigenvalue weighted by Crippen LogP contribution is 2.63. The van der Waals surface area contributed by atoms with E-state index in [1.54, 1.807) is 48.6 Å². The lowest BCUT2D eigenvalue weighted by Gasteiger charge is -2.49. The fourth-order valence-electron chi connectivity index (χ4n) is 8.00. The van der Waals surface area contributed by atoms with Crippen molar-refractivity contribution in [1.29, 1.82) is 0 Å². The third-order valence-corrected chi connectivity index (χ3v) is 11.9. The molecule has 2 aliphatic carbocycles. The monoisotopic (exact) mass is 697 g/mol. The summed E-state index contributed by atoms with van der Waals surface area (Å²) < 4.78 is 11.1. The number of ether oxygens (including phenoxy) is 1. The van der Waals surface area contributed by atoms with Crippen molar-refractivity contribution in [2.45, 2.75) is 22.6 Å². The number of aromatic hydroxyl groups is 1. The maximum atomic E-state index is 14.3.